The molecule has 1 unspecified atom stereocenters. The lowest BCUT2D eigenvalue weighted by atomic mass is 10.2. The van der Waals surface area contributed by atoms with Crippen molar-refractivity contribution in [2.45, 2.75) is 12.5 Å². The number of nitrogens with one attached hydrogen (secondary N) is 1. The number of rotatable bonds is 6. The van der Waals surface area contributed by atoms with Crippen LogP contribution in [0.3, 0.4) is 0 Å². The average molecular weight is 269 g/mol. The number of carbonyl (C=O) groups is 3. The van der Waals surface area contributed by atoms with Crippen LogP contribution in [-0.2, 0) is 14.4 Å². The van der Waals surface area contributed by atoms with Gasteiger partial charge in [-0.1, -0.05) is 6.07 Å². The molecule has 1 amide bonds. The molecule has 1 rings (SSSR count). The van der Waals surface area contributed by atoms with Crippen molar-refractivity contribution in [1.82, 2.24) is 5.32 Å². The van der Waals surface area contributed by atoms with Crippen molar-refractivity contribution in [3.63, 3.8) is 0 Å². The van der Waals surface area contributed by atoms with E-state index in [0.717, 1.165) is 4.88 Å². The van der Waals surface area contributed by atoms with Gasteiger partial charge in [-0.05, 0) is 17.5 Å². The van der Waals surface area contributed by atoms with Crippen molar-refractivity contribution in [3.05, 3.63) is 28.5 Å². The fourth-order valence-electron chi connectivity index (χ4n) is 1.14. The number of amides is 1. The molecule has 1 aromatic heterocycles. The standard InChI is InChI=1S/C11H11NO5S/c13-9(4-3-7-2-1-5-18-7)12-8(11(16)17)6-10(14)15/h1-5,8H,6H2,(H,12,13)(H,14,15)(H,16,17)/b4-3+. The average Bonchev–Trinajstić information content (AvgIpc) is 2.77. The van der Waals surface area contributed by atoms with E-state index >= 15 is 0 Å². The van der Waals surface area contributed by atoms with E-state index in [4.69, 9.17) is 10.2 Å². The minimum Gasteiger partial charge on any atom is -0.481 e. The predicted molar refractivity (Wildman–Crippen MR) is 65.2 cm³/mol. The van der Waals surface area contributed by atoms with E-state index in [1.807, 2.05) is 11.4 Å². The first kappa shape index (κ1) is 13.9. The van der Waals surface area contributed by atoms with Crippen molar-refractivity contribution >= 4 is 35.3 Å². The summed E-state index contributed by atoms with van der Waals surface area (Å²) in [4.78, 5) is 33.3. The molecule has 0 aromatic carbocycles. The van der Waals surface area contributed by atoms with Gasteiger partial charge in [0, 0.05) is 11.0 Å². The zero-order valence-electron chi connectivity index (χ0n) is 9.20. The van der Waals surface area contributed by atoms with Crippen LogP contribution in [0, 0.1) is 0 Å². The molecular weight excluding hydrogens is 258 g/mol. The molecule has 18 heavy (non-hydrogen) atoms. The van der Waals surface area contributed by atoms with Gasteiger partial charge in [0.15, 0.2) is 0 Å². The number of aliphatic carboxylic acids is 2. The summed E-state index contributed by atoms with van der Waals surface area (Å²) in [7, 11) is 0. The second-order valence-electron chi connectivity index (χ2n) is 3.35. The van der Waals surface area contributed by atoms with Gasteiger partial charge in [0.25, 0.3) is 0 Å². The Balaban J connectivity index is 2.56. The highest BCUT2D eigenvalue weighted by atomic mass is 32.1. The lowest BCUT2D eigenvalue weighted by Gasteiger charge is -2.10. The summed E-state index contributed by atoms with van der Waals surface area (Å²) >= 11 is 1.42. The van der Waals surface area contributed by atoms with Crippen molar-refractivity contribution < 1.29 is 24.6 Å². The fraction of sp³-hybridized carbons (Fsp3) is 0.182. The molecule has 0 aliphatic rings. The largest absolute Gasteiger partial charge is 0.481 e. The van der Waals surface area contributed by atoms with E-state index in [1.54, 1.807) is 6.07 Å². The van der Waals surface area contributed by atoms with Crippen molar-refractivity contribution in [2.75, 3.05) is 0 Å². The van der Waals surface area contributed by atoms with Gasteiger partial charge in [0.1, 0.15) is 6.04 Å². The highest BCUT2D eigenvalue weighted by molar-refractivity contribution is 7.10. The molecule has 3 N–H and O–H groups in total. The summed E-state index contributed by atoms with van der Waals surface area (Å²) in [5, 5.41) is 21.2. The van der Waals surface area contributed by atoms with Gasteiger partial charge >= 0.3 is 11.9 Å². The molecule has 1 heterocycles. The Morgan fingerprint density at radius 1 is 1.39 bits per heavy atom. The molecule has 0 radical (unpaired) electrons. The van der Waals surface area contributed by atoms with E-state index in [9.17, 15) is 14.4 Å². The van der Waals surface area contributed by atoms with Crippen LogP contribution >= 0.6 is 11.3 Å². The zero-order chi connectivity index (χ0) is 13.5. The van der Waals surface area contributed by atoms with E-state index in [-0.39, 0.29) is 0 Å². The van der Waals surface area contributed by atoms with Crippen LogP contribution in [0.25, 0.3) is 6.08 Å². The predicted octanol–water partition coefficient (Wildman–Crippen LogP) is 0.805. The van der Waals surface area contributed by atoms with Gasteiger partial charge in [0.05, 0.1) is 6.42 Å². The molecule has 0 saturated heterocycles. The number of hydrogen-bond acceptors (Lipinski definition) is 4. The first-order valence-corrected chi connectivity index (χ1v) is 5.83. The summed E-state index contributed by atoms with van der Waals surface area (Å²) in [6.07, 6.45) is 2.04. The van der Waals surface area contributed by atoms with Crippen LogP contribution in [0.5, 0.6) is 0 Å². The maximum atomic E-state index is 11.4. The second kappa shape index (κ2) is 6.55. The van der Waals surface area contributed by atoms with Crippen LogP contribution in [0.15, 0.2) is 23.6 Å². The molecule has 7 heteroatoms. The topological polar surface area (TPSA) is 104 Å². The minimum atomic E-state index is -1.43. The maximum Gasteiger partial charge on any atom is 0.326 e. The van der Waals surface area contributed by atoms with Gasteiger partial charge in [-0.3, -0.25) is 9.59 Å². The van der Waals surface area contributed by atoms with Crippen LogP contribution in [0.2, 0.25) is 0 Å². The molecular formula is C11H11NO5S. The Morgan fingerprint density at radius 2 is 2.11 bits per heavy atom. The normalized spacial score (nSPS) is 12.2. The molecule has 1 atom stereocenters. The number of hydrogen-bond donors (Lipinski definition) is 3. The third-order valence-electron chi connectivity index (χ3n) is 1.94. The summed E-state index contributed by atoms with van der Waals surface area (Å²) in [5.41, 5.74) is 0. The van der Waals surface area contributed by atoms with E-state index in [1.165, 1.54) is 23.5 Å². The molecule has 0 fully saturated rings. The third-order valence-corrected chi connectivity index (χ3v) is 2.77. The third kappa shape index (κ3) is 4.79. The molecule has 6 nitrogen and oxygen atoms in total. The van der Waals surface area contributed by atoms with E-state index in [2.05, 4.69) is 5.32 Å². The van der Waals surface area contributed by atoms with Gasteiger partial charge in [0.2, 0.25) is 5.91 Å². The highest BCUT2D eigenvalue weighted by Crippen LogP contribution is 2.09. The Bertz CT molecular complexity index is 466. The molecule has 0 bridgehead atoms. The molecule has 0 aliphatic heterocycles. The van der Waals surface area contributed by atoms with Crippen molar-refractivity contribution in [3.8, 4) is 0 Å². The van der Waals surface area contributed by atoms with Crippen molar-refractivity contribution in [1.29, 1.82) is 0 Å². The minimum absolute atomic E-state index is 0.642. The van der Waals surface area contributed by atoms with Gasteiger partial charge < -0.3 is 15.5 Å². The Morgan fingerprint density at radius 3 is 2.61 bits per heavy atom. The van der Waals surface area contributed by atoms with Crippen LogP contribution in [-0.4, -0.2) is 34.1 Å². The van der Waals surface area contributed by atoms with Crippen LogP contribution in [0.4, 0.5) is 0 Å². The van der Waals surface area contributed by atoms with E-state index in [0.29, 0.717) is 0 Å². The SMILES string of the molecule is O=C(O)CC(NC(=O)/C=C/c1cccs1)C(=O)O. The Hall–Kier alpha value is -2.15. The lowest BCUT2D eigenvalue weighted by molar-refractivity contribution is -0.146. The number of thiophene rings is 1. The Kier molecular flexibility index (Phi) is 5.06. The van der Waals surface area contributed by atoms with Crippen molar-refractivity contribution in [2.24, 2.45) is 0 Å². The lowest BCUT2D eigenvalue weighted by Crippen LogP contribution is -2.41. The summed E-state index contributed by atoms with van der Waals surface area (Å²) in [6.45, 7) is 0. The summed E-state index contributed by atoms with van der Waals surface area (Å²) in [6, 6.07) is 2.18. The van der Waals surface area contributed by atoms with Gasteiger partial charge in [-0.25, -0.2) is 4.79 Å². The molecule has 0 saturated carbocycles. The summed E-state index contributed by atoms with van der Waals surface area (Å²) in [5.74, 6) is -3.31. The quantitative estimate of drug-likeness (QED) is 0.663. The highest BCUT2D eigenvalue weighted by Gasteiger charge is 2.21. The number of carboxylic acid groups (broad SMARTS) is 2. The number of carbonyl (C=O) groups excluding carboxylic acids is 1. The van der Waals surface area contributed by atoms with E-state index < -0.39 is 30.3 Å². The van der Waals surface area contributed by atoms with Crippen LogP contribution < -0.4 is 5.32 Å². The molecule has 96 valence electrons. The summed E-state index contributed by atoms with van der Waals surface area (Å²) < 4.78 is 0. The maximum absolute atomic E-state index is 11.4. The zero-order valence-corrected chi connectivity index (χ0v) is 10.0. The monoisotopic (exact) mass is 269 g/mol. The fourth-order valence-corrected chi connectivity index (χ4v) is 1.76. The molecule has 1 aromatic rings. The smallest absolute Gasteiger partial charge is 0.326 e. The number of carboxylic acids is 2. The van der Waals surface area contributed by atoms with Gasteiger partial charge in [-0.15, -0.1) is 11.3 Å². The second-order valence-corrected chi connectivity index (χ2v) is 4.33. The van der Waals surface area contributed by atoms with Gasteiger partial charge in [-0.2, -0.15) is 0 Å². The first-order valence-electron chi connectivity index (χ1n) is 4.95. The van der Waals surface area contributed by atoms with Crippen LogP contribution in [0.1, 0.15) is 11.3 Å². The Labute approximate surface area is 107 Å². The molecule has 0 aliphatic carbocycles. The molecule has 0 spiro atoms. The first-order chi connectivity index (χ1) is 8.49.